The van der Waals surface area contributed by atoms with Crippen molar-refractivity contribution in [1.29, 1.82) is 0 Å². The van der Waals surface area contributed by atoms with E-state index in [1.54, 1.807) is 25.1 Å². The summed E-state index contributed by atoms with van der Waals surface area (Å²) >= 11 is 12.7. The van der Waals surface area contributed by atoms with Gasteiger partial charge < -0.3 is 10.2 Å². The zero-order valence-electron chi connectivity index (χ0n) is 22.2. The molecule has 0 radical (unpaired) electrons. The van der Waals surface area contributed by atoms with E-state index in [1.807, 2.05) is 44.2 Å². The molecule has 0 saturated heterocycles. The number of nitrogens with zero attached hydrogens (tertiary/aromatic N) is 2. The Balaban J connectivity index is 2.01. The molecule has 3 aromatic carbocycles. The van der Waals surface area contributed by atoms with E-state index in [1.165, 1.54) is 29.2 Å². The lowest BCUT2D eigenvalue weighted by Crippen LogP contribution is -2.52. The van der Waals surface area contributed by atoms with Gasteiger partial charge in [-0.1, -0.05) is 84.2 Å². The zero-order valence-corrected chi connectivity index (χ0v) is 24.6. The average Bonchev–Trinajstić information content (AvgIpc) is 2.92. The fraction of sp³-hybridized carbons (Fsp3) is 0.310. The maximum Gasteiger partial charge on any atom is 0.264 e. The van der Waals surface area contributed by atoms with Gasteiger partial charge in [-0.05, 0) is 56.5 Å². The van der Waals surface area contributed by atoms with Crippen LogP contribution in [0.15, 0.2) is 77.7 Å². The number of amides is 2. The van der Waals surface area contributed by atoms with Crippen LogP contribution in [0.3, 0.4) is 0 Å². The first-order valence-electron chi connectivity index (χ1n) is 12.7. The Morgan fingerprint density at radius 3 is 2.26 bits per heavy atom. The number of hydrogen-bond acceptors (Lipinski definition) is 4. The van der Waals surface area contributed by atoms with Crippen molar-refractivity contribution >= 4 is 50.7 Å². The highest BCUT2D eigenvalue weighted by Crippen LogP contribution is 2.35. The number of aryl methyl sites for hydroxylation is 1. The molecule has 2 amide bonds. The third-order valence-electron chi connectivity index (χ3n) is 6.29. The van der Waals surface area contributed by atoms with E-state index in [0.29, 0.717) is 13.0 Å². The third-order valence-corrected chi connectivity index (χ3v) is 8.87. The smallest absolute Gasteiger partial charge is 0.264 e. The minimum absolute atomic E-state index is 0.00140. The summed E-state index contributed by atoms with van der Waals surface area (Å²) in [5, 5.41) is 2.98. The molecule has 3 rings (SSSR count). The molecule has 0 bridgehead atoms. The van der Waals surface area contributed by atoms with Crippen molar-refractivity contribution in [3.05, 3.63) is 94.0 Å². The van der Waals surface area contributed by atoms with Gasteiger partial charge in [0.15, 0.2) is 0 Å². The molecular formula is C29H33Cl2N3O4S. The highest BCUT2D eigenvalue weighted by molar-refractivity contribution is 7.92. The van der Waals surface area contributed by atoms with Crippen molar-refractivity contribution in [3.8, 4) is 0 Å². The van der Waals surface area contributed by atoms with Crippen LogP contribution in [0.4, 0.5) is 5.69 Å². The maximum atomic E-state index is 13.9. The molecule has 3 aromatic rings. The number of nitrogens with one attached hydrogen (secondary N) is 1. The van der Waals surface area contributed by atoms with Gasteiger partial charge in [0.2, 0.25) is 11.8 Å². The SMILES string of the molecule is CCCNC(=O)C(C)N(CCc1ccccc1)C(=O)CN(c1cccc(Cl)c1Cl)S(=O)(=O)c1ccc(C)cc1. The molecule has 7 nitrogen and oxygen atoms in total. The lowest BCUT2D eigenvalue weighted by Gasteiger charge is -2.32. The summed E-state index contributed by atoms with van der Waals surface area (Å²) in [6.45, 7) is 5.53. The largest absolute Gasteiger partial charge is 0.354 e. The van der Waals surface area contributed by atoms with E-state index < -0.39 is 28.5 Å². The second-order valence-electron chi connectivity index (χ2n) is 9.19. The van der Waals surface area contributed by atoms with Crippen molar-refractivity contribution in [2.75, 3.05) is 23.9 Å². The van der Waals surface area contributed by atoms with Crippen LogP contribution in [0.5, 0.6) is 0 Å². The third kappa shape index (κ3) is 7.75. The molecule has 1 N–H and O–H groups in total. The second-order valence-corrected chi connectivity index (χ2v) is 11.8. The van der Waals surface area contributed by atoms with Gasteiger partial charge in [-0.15, -0.1) is 0 Å². The minimum atomic E-state index is -4.22. The van der Waals surface area contributed by atoms with E-state index in [0.717, 1.165) is 21.9 Å². The number of hydrogen-bond donors (Lipinski definition) is 1. The van der Waals surface area contributed by atoms with Crippen LogP contribution in [0.1, 0.15) is 31.4 Å². The monoisotopic (exact) mass is 589 g/mol. The van der Waals surface area contributed by atoms with Crippen molar-refractivity contribution in [2.45, 2.75) is 44.6 Å². The summed E-state index contributed by atoms with van der Waals surface area (Å²) in [5.41, 5.74) is 1.94. The van der Waals surface area contributed by atoms with Crippen LogP contribution in [0.2, 0.25) is 10.0 Å². The molecule has 0 fully saturated rings. The van der Waals surface area contributed by atoms with Crippen molar-refractivity contribution in [1.82, 2.24) is 10.2 Å². The van der Waals surface area contributed by atoms with Crippen molar-refractivity contribution in [3.63, 3.8) is 0 Å². The van der Waals surface area contributed by atoms with Crippen LogP contribution in [-0.2, 0) is 26.0 Å². The average molecular weight is 591 g/mol. The first kappa shape index (κ1) is 30.5. The fourth-order valence-electron chi connectivity index (χ4n) is 4.00. The van der Waals surface area contributed by atoms with Crippen LogP contribution >= 0.6 is 23.2 Å². The summed E-state index contributed by atoms with van der Waals surface area (Å²) in [6.07, 6.45) is 1.23. The standard InChI is InChI=1S/C29H33Cl2N3O4S/c1-4-18-32-29(36)22(3)33(19-17-23-9-6-5-7-10-23)27(35)20-34(26-12-8-11-25(30)28(26)31)39(37,38)24-15-13-21(2)14-16-24/h5-16,22H,4,17-20H2,1-3H3,(H,32,36). The number of halogens is 2. The van der Waals surface area contributed by atoms with Gasteiger partial charge in [-0.3, -0.25) is 13.9 Å². The quantitative estimate of drug-likeness (QED) is 0.303. The lowest BCUT2D eigenvalue weighted by atomic mass is 10.1. The summed E-state index contributed by atoms with van der Waals surface area (Å²) in [5.74, 6) is -0.858. The Labute approximate surface area is 240 Å². The Kier molecular flexibility index (Phi) is 10.8. The molecule has 0 aliphatic heterocycles. The number of benzene rings is 3. The zero-order chi connectivity index (χ0) is 28.6. The highest BCUT2D eigenvalue weighted by atomic mass is 35.5. The molecule has 39 heavy (non-hydrogen) atoms. The number of rotatable bonds is 12. The van der Waals surface area contributed by atoms with Gasteiger partial charge in [0, 0.05) is 13.1 Å². The van der Waals surface area contributed by atoms with E-state index in [9.17, 15) is 18.0 Å². The van der Waals surface area contributed by atoms with Crippen LogP contribution in [0.25, 0.3) is 0 Å². The van der Waals surface area contributed by atoms with E-state index in [-0.39, 0.29) is 33.1 Å². The van der Waals surface area contributed by atoms with E-state index in [4.69, 9.17) is 23.2 Å². The minimum Gasteiger partial charge on any atom is -0.354 e. The molecule has 0 aliphatic carbocycles. The summed E-state index contributed by atoms with van der Waals surface area (Å²) in [7, 11) is -4.22. The Bertz CT molecular complexity index is 1380. The van der Waals surface area contributed by atoms with Gasteiger partial charge in [0.25, 0.3) is 10.0 Å². The number of carbonyl (C=O) groups excluding carboxylic acids is 2. The van der Waals surface area contributed by atoms with Gasteiger partial charge >= 0.3 is 0 Å². The molecule has 0 saturated carbocycles. The van der Waals surface area contributed by atoms with E-state index >= 15 is 0 Å². The fourth-order valence-corrected chi connectivity index (χ4v) is 5.88. The van der Waals surface area contributed by atoms with Crippen LogP contribution in [-0.4, -0.2) is 50.8 Å². The topological polar surface area (TPSA) is 86.8 Å². The first-order valence-corrected chi connectivity index (χ1v) is 14.9. The predicted octanol–water partition coefficient (Wildman–Crippen LogP) is 5.48. The Morgan fingerprint density at radius 2 is 1.62 bits per heavy atom. The number of anilines is 1. The molecule has 1 atom stereocenters. The summed E-state index contributed by atoms with van der Waals surface area (Å²) in [4.78, 5) is 28.2. The van der Waals surface area contributed by atoms with Crippen LogP contribution < -0.4 is 9.62 Å². The second kappa shape index (κ2) is 13.8. The number of sulfonamides is 1. The summed E-state index contributed by atoms with van der Waals surface area (Å²) in [6, 6.07) is 19.7. The molecule has 0 aromatic heterocycles. The van der Waals surface area contributed by atoms with E-state index in [2.05, 4.69) is 5.32 Å². The summed E-state index contributed by atoms with van der Waals surface area (Å²) < 4.78 is 28.7. The molecule has 0 spiro atoms. The Hall–Kier alpha value is -3.07. The first-order chi connectivity index (χ1) is 18.6. The van der Waals surface area contributed by atoms with Gasteiger partial charge in [0.05, 0.1) is 20.6 Å². The van der Waals surface area contributed by atoms with Gasteiger partial charge in [-0.25, -0.2) is 8.42 Å². The Morgan fingerprint density at radius 1 is 0.949 bits per heavy atom. The number of carbonyl (C=O) groups is 2. The van der Waals surface area contributed by atoms with Crippen molar-refractivity contribution in [2.24, 2.45) is 0 Å². The lowest BCUT2D eigenvalue weighted by molar-refractivity contribution is -0.138. The van der Waals surface area contributed by atoms with Gasteiger partial charge in [-0.2, -0.15) is 0 Å². The van der Waals surface area contributed by atoms with Crippen LogP contribution in [0, 0.1) is 6.92 Å². The normalized spacial score (nSPS) is 12.0. The molecule has 10 heteroatoms. The molecular weight excluding hydrogens is 557 g/mol. The van der Waals surface area contributed by atoms with Crippen molar-refractivity contribution < 1.29 is 18.0 Å². The highest BCUT2D eigenvalue weighted by Gasteiger charge is 2.33. The molecule has 208 valence electrons. The van der Waals surface area contributed by atoms with Gasteiger partial charge in [0.1, 0.15) is 12.6 Å². The predicted molar refractivity (Wildman–Crippen MR) is 157 cm³/mol. The molecule has 0 aliphatic rings. The molecule has 1 unspecified atom stereocenters. The molecule has 0 heterocycles. The maximum absolute atomic E-state index is 13.9.